The van der Waals surface area contributed by atoms with Crippen LogP contribution in [0.2, 0.25) is 0 Å². The predicted octanol–water partition coefficient (Wildman–Crippen LogP) is 4.87. The highest BCUT2D eigenvalue weighted by molar-refractivity contribution is 7.07. The second-order valence-electron chi connectivity index (χ2n) is 6.55. The minimum atomic E-state index is -0.863. The second kappa shape index (κ2) is 8.60. The van der Waals surface area contributed by atoms with Crippen molar-refractivity contribution < 1.29 is 28.5 Å². The molecule has 0 radical (unpaired) electrons. The molecule has 0 aliphatic rings. The molecule has 0 aliphatic carbocycles. The van der Waals surface area contributed by atoms with Crippen molar-refractivity contribution in [2.45, 2.75) is 0 Å². The molecular weight excluding hydrogens is 443 g/mol. The fourth-order valence-corrected chi connectivity index (χ4v) is 3.64. The van der Waals surface area contributed by atoms with E-state index in [4.69, 9.17) is 0 Å². The largest absolute Gasteiger partial charge is 0.504 e. The van der Waals surface area contributed by atoms with Crippen LogP contribution in [0.4, 0.5) is 18.9 Å². The van der Waals surface area contributed by atoms with E-state index in [9.17, 15) is 28.5 Å². The molecule has 0 unspecified atom stereocenters. The number of benzene rings is 3. The fraction of sp³-hybridized carbons (Fsp3) is 0. The highest BCUT2D eigenvalue weighted by atomic mass is 32.1. The van der Waals surface area contributed by atoms with E-state index in [1.165, 1.54) is 53.4 Å². The molecule has 4 rings (SSSR count). The third-order valence-electron chi connectivity index (χ3n) is 4.42. The quantitative estimate of drug-likeness (QED) is 0.302. The van der Waals surface area contributed by atoms with Crippen molar-refractivity contribution in [3.63, 3.8) is 0 Å². The first-order valence-electron chi connectivity index (χ1n) is 9.08. The monoisotopic (exact) mass is 457 g/mol. The van der Waals surface area contributed by atoms with Gasteiger partial charge in [-0.05, 0) is 48.5 Å². The average molecular weight is 457 g/mol. The van der Waals surface area contributed by atoms with Gasteiger partial charge in [0, 0.05) is 22.6 Å². The van der Waals surface area contributed by atoms with Crippen molar-refractivity contribution in [3.8, 4) is 28.5 Å². The molecule has 10 heteroatoms. The number of aromatic nitrogens is 1. The summed E-state index contributed by atoms with van der Waals surface area (Å²) in [5.41, 5.74) is 1.03. The highest BCUT2D eigenvalue weighted by Crippen LogP contribution is 2.36. The smallest absolute Gasteiger partial charge is 0.211 e. The molecule has 32 heavy (non-hydrogen) atoms. The van der Waals surface area contributed by atoms with Gasteiger partial charge in [-0.3, -0.25) is 0 Å². The number of aromatic hydroxyl groups is 3. The van der Waals surface area contributed by atoms with Gasteiger partial charge in [0.1, 0.15) is 17.3 Å². The Kier molecular flexibility index (Phi) is 5.69. The van der Waals surface area contributed by atoms with Crippen molar-refractivity contribution >= 4 is 23.2 Å². The SMILES string of the molecule is Oc1ccc(C=Nn2c(-c3ccc(F)cc3)csc2=Nc2ccc(F)cc2F)c(O)c1O. The highest BCUT2D eigenvalue weighted by Gasteiger charge is 2.12. The Hall–Kier alpha value is -4.05. The topological polar surface area (TPSA) is 90.3 Å². The summed E-state index contributed by atoms with van der Waals surface area (Å²) in [6.45, 7) is 0. The number of hydrogen-bond acceptors (Lipinski definition) is 6. The van der Waals surface area contributed by atoms with Crippen LogP contribution in [0.5, 0.6) is 17.2 Å². The lowest BCUT2D eigenvalue weighted by molar-refractivity contribution is 0.367. The van der Waals surface area contributed by atoms with Crippen LogP contribution < -0.4 is 4.80 Å². The number of rotatable bonds is 4. The zero-order valence-electron chi connectivity index (χ0n) is 16.1. The molecule has 0 atom stereocenters. The van der Waals surface area contributed by atoms with E-state index in [1.54, 1.807) is 5.38 Å². The van der Waals surface area contributed by atoms with Crippen LogP contribution in [0.3, 0.4) is 0 Å². The Bertz CT molecular complexity index is 1400. The number of nitrogens with zero attached hydrogens (tertiary/aromatic N) is 3. The van der Waals surface area contributed by atoms with Crippen molar-refractivity contribution in [1.82, 2.24) is 4.68 Å². The molecule has 1 heterocycles. The van der Waals surface area contributed by atoms with Gasteiger partial charge in [0.2, 0.25) is 10.6 Å². The zero-order chi connectivity index (χ0) is 22.8. The first-order chi connectivity index (χ1) is 15.3. The maximum atomic E-state index is 14.1. The zero-order valence-corrected chi connectivity index (χ0v) is 16.9. The maximum Gasteiger partial charge on any atom is 0.211 e. The summed E-state index contributed by atoms with van der Waals surface area (Å²) in [4.78, 5) is 4.41. The first-order valence-corrected chi connectivity index (χ1v) is 9.96. The van der Waals surface area contributed by atoms with E-state index >= 15 is 0 Å². The van der Waals surface area contributed by atoms with Gasteiger partial charge in [-0.15, -0.1) is 11.3 Å². The van der Waals surface area contributed by atoms with Crippen LogP contribution in [0.1, 0.15) is 5.56 Å². The van der Waals surface area contributed by atoms with Gasteiger partial charge in [0.15, 0.2) is 17.3 Å². The molecule has 0 spiro atoms. The van der Waals surface area contributed by atoms with E-state index in [2.05, 4.69) is 10.1 Å². The third-order valence-corrected chi connectivity index (χ3v) is 5.24. The second-order valence-corrected chi connectivity index (χ2v) is 7.38. The summed E-state index contributed by atoms with van der Waals surface area (Å²) in [7, 11) is 0. The summed E-state index contributed by atoms with van der Waals surface area (Å²) in [6.07, 6.45) is 1.20. The molecule has 1 aromatic heterocycles. The Morgan fingerprint density at radius 3 is 2.28 bits per heavy atom. The van der Waals surface area contributed by atoms with Crippen LogP contribution in [-0.4, -0.2) is 26.2 Å². The van der Waals surface area contributed by atoms with Gasteiger partial charge in [0.05, 0.1) is 11.9 Å². The molecule has 0 aliphatic heterocycles. The van der Waals surface area contributed by atoms with Crippen molar-refractivity contribution in [1.29, 1.82) is 0 Å². The Balaban J connectivity index is 1.88. The number of phenols is 3. The Morgan fingerprint density at radius 2 is 1.56 bits per heavy atom. The van der Waals surface area contributed by atoms with Crippen LogP contribution in [-0.2, 0) is 0 Å². The van der Waals surface area contributed by atoms with Gasteiger partial charge in [0.25, 0.3) is 0 Å². The molecule has 4 aromatic rings. The molecule has 0 fully saturated rings. The number of phenolic OH excluding ortho intramolecular Hbond substituents is 3. The normalized spacial score (nSPS) is 12.0. The van der Waals surface area contributed by atoms with Crippen LogP contribution in [0.15, 0.2) is 70.1 Å². The van der Waals surface area contributed by atoms with Crippen molar-refractivity contribution in [2.24, 2.45) is 10.1 Å². The number of hydrogen-bond donors (Lipinski definition) is 3. The average Bonchev–Trinajstić information content (AvgIpc) is 3.16. The molecule has 162 valence electrons. The molecule has 3 N–H and O–H groups in total. The summed E-state index contributed by atoms with van der Waals surface area (Å²) in [6, 6.07) is 11.0. The molecular formula is C22H14F3N3O3S. The van der Waals surface area contributed by atoms with E-state index in [-0.39, 0.29) is 16.1 Å². The van der Waals surface area contributed by atoms with E-state index in [0.29, 0.717) is 17.3 Å². The predicted molar refractivity (Wildman–Crippen MR) is 114 cm³/mol. The van der Waals surface area contributed by atoms with E-state index in [0.717, 1.165) is 17.4 Å². The van der Waals surface area contributed by atoms with Gasteiger partial charge >= 0.3 is 0 Å². The van der Waals surface area contributed by atoms with Crippen molar-refractivity contribution in [2.75, 3.05) is 0 Å². The summed E-state index contributed by atoms with van der Waals surface area (Å²) >= 11 is 1.10. The van der Waals surface area contributed by atoms with E-state index in [1.807, 2.05) is 0 Å². The Morgan fingerprint density at radius 1 is 0.844 bits per heavy atom. The van der Waals surface area contributed by atoms with Gasteiger partial charge in [-0.25, -0.2) is 22.8 Å². The molecule has 0 bridgehead atoms. The van der Waals surface area contributed by atoms with Gasteiger partial charge < -0.3 is 15.3 Å². The first kappa shape index (κ1) is 21.2. The standard InChI is InChI=1S/C22H14F3N3O3S/c23-14-4-1-12(2-5-14)18-11-32-22(27-17-7-6-15(24)9-16(17)25)28(18)26-10-13-3-8-19(29)21(31)20(13)30/h1-11,29-31H. The molecule has 0 saturated carbocycles. The number of halogens is 3. The lowest BCUT2D eigenvalue weighted by Crippen LogP contribution is -2.11. The molecule has 0 saturated heterocycles. The van der Waals surface area contributed by atoms with Crippen LogP contribution >= 0.6 is 11.3 Å². The Labute approximate surface area is 183 Å². The lowest BCUT2D eigenvalue weighted by Gasteiger charge is -2.06. The summed E-state index contributed by atoms with van der Waals surface area (Å²) in [5.74, 6) is -3.83. The maximum absolute atomic E-state index is 14.1. The van der Waals surface area contributed by atoms with Gasteiger partial charge in [-0.2, -0.15) is 5.10 Å². The summed E-state index contributed by atoms with van der Waals surface area (Å²) in [5, 5.41) is 35.2. The van der Waals surface area contributed by atoms with Crippen molar-refractivity contribution in [3.05, 3.63) is 87.8 Å². The minimum absolute atomic E-state index is 0.0861. The minimum Gasteiger partial charge on any atom is -0.504 e. The third kappa shape index (κ3) is 4.21. The molecule has 6 nitrogen and oxygen atoms in total. The fourth-order valence-electron chi connectivity index (χ4n) is 2.79. The van der Waals surface area contributed by atoms with Gasteiger partial charge in [-0.1, -0.05) is 0 Å². The molecule has 3 aromatic carbocycles. The summed E-state index contributed by atoms with van der Waals surface area (Å²) < 4.78 is 42.0. The molecule has 0 amide bonds. The lowest BCUT2D eigenvalue weighted by atomic mass is 10.2. The van der Waals surface area contributed by atoms with Crippen LogP contribution in [0, 0.1) is 17.5 Å². The van der Waals surface area contributed by atoms with E-state index < -0.39 is 34.7 Å². The van der Waals surface area contributed by atoms with Crippen LogP contribution in [0.25, 0.3) is 11.3 Å². The number of thiazole rings is 1.